The molecule has 0 atom stereocenters. The Hall–Kier alpha value is -1.88. The summed E-state index contributed by atoms with van der Waals surface area (Å²) < 4.78 is 0. The predicted molar refractivity (Wildman–Crippen MR) is 72.8 cm³/mol. The molecule has 0 unspecified atom stereocenters. The van der Waals surface area contributed by atoms with Crippen LogP contribution in [0.3, 0.4) is 0 Å². The second-order valence-corrected chi connectivity index (χ2v) is 4.17. The minimum absolute atomic E-state index is 0.602. The summed E-state index contributed by atoms with van der Waals surface area (Å²) in [5.41, 5.74) is 3.19. The highest BCUT2D eigenvalue weighted by Gasteiger charge is 1.98. The highest BCUT2D eigenvalue weighted by molar-refractivity contribution is 7.80. The Bertz CT molecular complexity index is 493. The lowest BCUT2D eigenvalue weighted by Crippen LogP contribution is -2.28. The Morgan fingerprint density at radius 3 is 3.00 bits per heavy atom. The van der Waals surface area contributed by atoms with Gasteiger partial charge in [-0.1, -0.05) is 12.1 Å². The Morgan fingerprint density at radius 1 is 1.41 bits per heavy atom. The minimum Gasteiger partial charge on any atom is -0.357 e. The number of aromatic nitrogens is 2. The van der Waals surface area contributed by atoms with Gasteiger partial charge in [0.05, 0.1) is 12.2 Å². The molecular formula is C12H14N4S. The number of hydrogen-bond donors (Lipinski definition) is 3. The van der Waals surface area contributed by atoms with Crippen LogP contribution < -0.4 is 10.6 Å². The van der Waals surface area contributed by atoms with Gasteiger partial charge in [0.25, 0.3) is 0 Å². The highest BCUT2D eigenvalue weighted by Crippen LogP contribution is 2.09. The van der Waals surface area contributed by atoms with E-state index < -0.39 is 0 Å². The molecule has 0 saturated heterocycles. The monoisotopic (exact) mass is 246 g/mol. The summed E-state index contributed by atoms with van der Waals surface area (Å²) in [6.07, 6.45) is 1.72. The zero-order valence-electron chi connectivity index (χ0n) is 9.53. The maximum atomic E-state index is 5.20. The number of aryl methyl sites for hydroxylation is 1. The van der Waals surface area contributed by atoms with Gasteiger partial charge in [-0.15, -0.1) is 0 Å². The maximum absolute atomic E-state index is 5.20. The molecule has 0 radical (unpaired) electrons. The molecule has 5 heteroatoms. The molecule has 0 spiro atoms. The summed E-state index contributed by atoms with van der Waals surface area (Å²) >= 11 is 5.20. The lowest BCUT2D eigenvalue weighted by atomic mass is 10.2. The van der Waals surface area contributed by atoms with Crippen molar-refractivity contribution in [2.45, 2.75) is 13.5 Å². The van der Waals surface area contributed by atoms with Crippen molar-refractivity contribution in [1.82, 2.24) is 15.5 Å². The van der Waals surface area contributed by atoms with Gasteiger partial charge in [0.15, 0.2) is 5.11 Å². The van der Waals surface area contributed by atoms with Crippen LogP contribution in [-0.4, -0.2) is 15.3 Å². The second kappa shape index (κ2) is 5.45. The fourth-order valence-corrected chi connectivity index (χ4v) is 1.65. The number of nitrogens with one attached hydrogen (secondary N) is 3. The third-order valence-electron chi connectivity index (χ3n) is 2.27. The van der Waals surface area contributed by atoms with Crippen molar-refractivity contribution >= 4 is 23.0 Å². The number of anilines is 1. The Kier molecular flexibility index (Phi) is 3.72. The molecule has 2 rings (SSSR count). The molecule has 0 bridgehead atoms. The predicted octanol–water partition coefficient (Wildman–Crippen LogP) is 2.20. The summed E-state index contributed by atoms with van der Waals surface area (Å²) in [7, 11) is 0. The Morgan fingerprint density at radius 2 is 2.29 bits per heavy atom. The molecule has 0 amide bonds. The lowest BCUT2D eigenvalue weighted by molar-refractivity contribution is 0.865. The summed E-state index contributed by atoms with van der Waals surface area (Å²) in [6, 6.07) is 9.98. The van der Waals surface area contributed by atoms with Crippen molar-refractivity contribution < 1.29 is 0 Å². The average Bonchev–Trinajstić information content (AvgIpc) is 2.79. The van der Waals surface area contributed by atoms with Gasteiger partial charge >= 0.3 is 0 Å². The van der Waals surface area contributed by atoms with E-state index in [-0.39, 0.29) is 0 Å². The van der Waals surface area contributed by atoms with E-state index in [1.807, 2.05) is 37.3 Å². The number of H-pyrrole nitrogens is 1. The number of nitrogens with zero attached hydrogens (tertiary/aromatic N) is 1. The SMILES string of the molecule is Cc1cccc(NC(=S)NCc2ccn[nH]2)c1. The molecule has 1 heterocycles. The maximum Gasteiger partial charge on any atom is 0.171 e. The molecule has 0 aliphatic heterocycles. The van der Waals surface area contributed by atoms with E-state index in [2.05, 4.69) is 20.8 Å². The Balaban J connectivity index is 1.85. The van der Waals surface area contributed by atoms with Gasteiger partial charge in [0, 0.05) is 11.9 Å². The van der Waals surface area contributed by atoms with Gasteiger partial charge in [-0.2, -0.15) is 5.10 Å². The molecule has 4 nitrogen and oxygen atoms in total. The molecule has 0 aliphatic rings. The molecule has 1 aromatic carbocycles. The second-order valence-electron chi connectivity index (χ2n) is 3.76. The van der Waals surface area contributed by atoms with Crippen LogP contribution >= 0.6 is 12.2 Å². The van der Waals surface area contributed by atoms with Crippen molar-refractivity contribution in [3.05, 3.63) is 47.8 Å². The topological polar surface area (TPSA) is 52.7 Å². The van der Waals surface area contributed by atoms with E-state index in [1.54, 1.807) is 6.20 Å². The summed E-state index contributed by atoms with van der Waals surface area (Å²) in [5, 5.41) is 13.6. The van der Waals surface area contributed by atoms with Crippen molar-refractivity contribution in [2.24, 2.45) is 0 Å². The van der Waals surface area contributed by atoms with Crippen LogP contribution in [0.15, 0.2) is 36.5 Å². The van der Waals surface area contributed by atoms with Crippen molar-refractivity contribution in [2.75, 3.05) is 5.32 Å². The summed E-state index contributed by atoms with van der Waals surface area (Å²) in [5.74, 6) is 0. The molecule has 0 aliphatic carbocycles. The van der Waals surface area contributed by atoms with E-state index in [0.717, 1.165) is 11.4 Å². The van der Waals surface area contributed by atoms with Crippen LogP contribution in [0, 0.1) is 6.92 Å². The normalized spacial score (nSPS) is 9.94. The van der Waals surface area contributed by atoms with Gasteiger partial charge in [-0.25, -0.2) is 0 Å². The number of benzene rings is 1. The smallest absolute Gasteiger partial charge is 0.171 e. The first-order valence-corrected chi connectivity index (χ1v) is 5.74. The van der Waals surface area contributed by atoms with E-state index in [1.165, 1.54) is 5.56 Å². The zero-order chi connectivity index (χ0) is 12.1. The van der Waals surface area contributed by atoms with Crippen LogP contribution in [0.5, 0.6) is 0 Å². The number of aromatic amines is 1. The highest BCUT2D eigenvalue weighted by atomic mass is 32.1. The molecule has 17 heavy (non-hydrogen) atoms. The molecule has 88 valence electrons. The van der Waals surface area contributed by atoms with E-state index in [4.69, 9.17) is 12.2 Å². The van der Waals surface area contributed by atoms with E-state index >= 15 is 0 Å². The minimum atomic E-state index is 0.602. The van der Waals surface area contributed by atoms with Gasteiger partial charge in [-0.3, -0.25) is 5.10 Å². The third kappa shape index (κ3) is 3.57. The molecule has 0 saturated carbocycles. The molecule has 0 fully saturated rings. The molecule has 1 aromatic heterocycles. The van der Waals surface area contributed by atoms with Crippen molar-refractivity contribution in [1.29, 1.82) is 0 Å². The quantitative estimate of drug-likeness (QED) is 0.727. The molecule has 3 N–H and O–H groups in total. The van der Waals surface area contributed by atoms with Crippen LogP contribution in [0.25, 0.3) is 0 Å². The standard InChI is InChI=1S/C12H14N4S/c1-9-3-2-4-10(7-9)15-12(17)13-8-11-5-6-14-16-11/h2-7H,8H2,1H3,(H,14,16)(H2,13,15,17). The van der Waals surface area contributed by atoms with Crippen molar-refractivity contribution in [3.8, 4) is 0 Å². The molecule has 2 aromatic rings. The first-order valence-electron chi connectivity index (χ1n) is 5.34. The van der Waals surface area contributed by atoms with Crippen LogP contribution in [0.1, 0.15) is 11.3 Å². The van der Waals surface area contributed by atoms with Gasteiger partial charge in [-0.05, 0) is 42.9 Å². The van der Waals surface area contributed by atoms with Gasteiger partial charge < -0.3 is 10.6 Å². The fraction of sp³-hybridized carbons (Fsp3) is 0.167. The lowest BCUT2D eigenvalue weighted by Gasteiger charge is -2.10. The first kappa shape index (κ1) is 11.6. The van der Waals surface area contributed by atoms with Crippen molar-refractivity contribution in [3.63, 3.8) is 0 Å². The Labute approximate surface area is 105 Å². The third-order valence-corrected chi connectivity index (χ3v) is 2.52. The fourth-order valence-electron chi connectivity index (χ4n) is 1.46. The van der Waals surface area contributed by atoms with Gasteiger partial charge in [0.1, 0.15) is 0 Å². The first-order chi connectivity index (χ1) is 8.24. The summed E-state index contributed by atoms with van der Waals surface area (Å²) in [6.45, 7) is 2.68. The largest absolute Gasteiger partial charge is 0.357 e. The van der Waals surface area contributed by atoms with Crippen LogP contribution in [0.4, 0.5) is 5.69 Å². The van der Waals surface area contributed by atoms with E-state index in [0.29, 0.717) is 11.7 Å². The van der Waals surface area contributed by atoms with Crippen LogP contribution in [-0.2, 0) is 6.54 Å². The molecular weight excluding hydrogens is 232 g/mol. The number of rotatable bonds is 3. The number of hydrogen-bond acceptors (Lipinski definition) is 2. The van der Waals surface area contributed by atoms with Gasteiger partial charge in [0.2, 0.25) is 0 Å². The van der Waals surface area contributed by atoms with E-state index in [9.17, 15) is 0 Å². The number of thiocarbonyl (C=S) groups is 1. The van der Waals surface area contributed by atoms with Crippen LogP contribution in [0.2, 0.25) is 0 Å². The zero-order valence-corrected chi connectivity index (χ0v) is 10.3. The summed E-state index contributed by atoms with van der Waals surface area (Å²) in [4.78, 5) is 0. The average molecular weight is 246 g/mol.